The maximum atomic E-state index is 2.54. The number of rotatable bonds is 3. The van der Waals surface area contributed by atoms with Crippen LogP contribution in [0.5, 0.6) is 0 Å². The molecule has 4 nitrogen and oxygen atoms in total. The van der Waals surface area contributed by atoms with Gasteiger partial charge in [-0.2, -0.15) is 0 Å². The fourth-order valence-corrected chi connectivity index (χ4v) is 10.1. The maximum Gasteiger partial charge on any atom is 0.273 e. The van der Waals surface area contributed by atoms with Crippen LogP contribution in [0.2, 0.25) is 0 Å². The lowest BCUT2D eigenvalue weighted by Gasteiger charge is -2.43. The highest BCUT2D eigenvalue weighted by Gasteiger charge is 2.46. The number of aromatic nitrogens is 2. The lowest BCUT2D eigenvalue weighted by atomic mass is 9.35. The summed E-state index contributed by atoms with van der Waals surface area (Å²) >= 11 is 0. The van der Waals surface area contributed by atoms with Crippen LogP contribution in [0.1, 0.15) is 0 Å². The molecule has 8 aromatic carbocycles. The van der Waals surface area contributed by atoms with E-state index in [1.54, 1.807) is 0 Å². The molecule has 0 unspecified atom stereocenters. The van der Waals surface area contributed by atoms with Crippen LogP contribution in [0.15, 0.2) is 188 Å². The van der Waals surface area contributed by atoms with Gasteiger partial charge < -0.3 is 18.8 Å². The van der Waals surface area contributed by atoms with Crippen LogP contribution < -0.4 is 26.3 Å². The van der Waals surface area contributed by atoms with Gasteiger partial charge in [0.2, 0.25) is 0 Å². The first-order valence-electron chi connectivity index (χ1n) is 19.1. The molecule has 11 aromatic rings. The second-order valence-electron chi connectivity index (χ2n) is 14.9. The van der Waals surface area contributed by atoms with Crippen molar-refractivity contribution in [1.82, 2.24) is 8.97 Å². The van der Waals surface area contributed by atoms with Gasteiger partial charge in [0.05, 0.1) is 27.8 Å². The van der Waals surface area contributed by atoms with Gasteiger partial charge in [-0.05, 0) is 77.7 Å². The van der Waals surface area contributed by atoms with E-state index in [1.165, 1.54) is 88.3 Å². The average molecular weight is 699 g/mol. The summed E-state index contributed by atoms with van der Waals surface area (Å²) in [7, 11) is 0. The van der Waals surface area contributed by atoms with Gasteiger partial charge in [-0.3, -0.25) is 0 Å². The summed E-state index contributed by atoms with van der Waals surface area (Å²) in [6, 6.07) is 69.3. The number of nitrogens with zero attached hydrogens (tertiary/aromatic N) is 4. The molecule has 0 N–H and O–H groups in total. The zero-order valence-corrected chi connectivity index (χ0v) is 29.8. The first-order valence-corrected chi connectivity index (χ1v) is 19.1. The Morgan fingerprint density at radius 1 is 0.364 bits per heavy atom. The second-order valence-corrected chi connectivity index (χ2v) is 14.9. The van der Waals surface area contributed by atoms with E-state index in [0.29, 0.717) is 0 Å². The molecule has 3 aromatic heterocycles. The Hall–Kier alpha value is -7.24. The van der Waals surface area contributed by atoms with Crippen molar-refractivity contribution in [1.29, 1.82) is 0 Å². The van der Waals surface area contributed by atoms with Crippen LogP contribution in [0, 0.1) is 0 Å². The average Bonchev–Trinajstić information content (AvgIpc) is 3.89. The minimum absolute atomic E-state index is 0.0510. The van der Waals surface area contributed by atoms with Crippen molar-refractivity contribution in [3.8, 4) is 5.69 Å². The number of para-hydroxylation sites is 6. The van der Waals surface area contributed by atoms with E-state index in [0.717, 1.165) is 17.1 Å². The fourth-order valence-electron chi connectivity index (χ4n) is 10.1. The van der Waals surface area contributed by atoms with Crippen molar-refractivity contribution in [2.24, 2.45) is 0 Å². The molecule has 2 aliphatic heterocycles. The van der Waals surface area contributed by atoms with Crippen LogP contribution in [-0.2, 0) is 0 Å². The largest absolute Gasteiger partial charge is 0.319 e. The summed E-state index contributed by atoms with van der Waals surface area (Å²) in [5.74, 6) is 0. The van der Waals surface area contributed by atoms with Crippen LogP contribution in [0.3, 0.4) is 0 Å². The van der Waals surface area contributed by atoms with Crippen molar-refractivity contribution in [3.05, 3.63) is 188 Å². The highest BCUT2D eigenvalue weighted by Crippen LogP contribution is 2.48. The number of fused-ring (bicyclic) bond motifs is 12. The Bertz CT molecular complexity index is 3330. The Balaban J connectivity index is 1.24. The van der Waals surface area contributed by atoms with Crippen LogP contribution in [-0.4, -0.2) is 15.7 Å². The number of anilines is 6. The molecule has 5 heterocycles. The molecular weight excluding hydrogens is 667 g/mol. The van der Waals surface area contributed by atoms with Crippen LogP contribution >= 0.6 is 0 Å². The zero-order valence-electron chi connectivity index (χ0n) is 29.8. The third-order valence-corrected chi connectivity index (χ3v) is 12.2. The van der Waals surface area contributed by atoms with Gasteiger partial charge in [0.1, 0.15) is 0 Å². The van der Waals surface area contributed by atoms with Gasteiger partial charge in [-0.1, -0.05) is 121 Å². The smallest absolute Gasteiger partial charge is 0.273 e. The van der Waals surface area contributed by atoms with E-state index in [-0.39, 0.29) is 6.71 Å². The third kappa shape index (κ3) is 3.72. The van der Waals surface area contributed by atoms with E-state index in [4.69, 9.17) is 0 Å². The summed E-state index contributed by atoms with van der Waals surface area (Å²) in [6.45, 7) is -0.0510. The van der Waals surface area contributed by atoms with E-state index in [2.05, 4.69) is 207 Å². The molecule has 0 bridgehead atoms. The third-order valence-electron chi connectivity index (χ3n) is 12.2. The fraction of sp³-hybridized carbons (Fsp3) is 0. The predicted molar refractivity (Wildman–Crippen MR) is 232 cm³/mol. The summed E-state index contributed by atoms with van der Waals surface area (Å²) in [5, 5.41) is 6.41. The first kappa shape index (κ1) is 29.2. The molecule has 0 saturated carbocycles. The predicted octanol–water partition coefficient (Wildman–Crippen LogP) is 10.9. The van der Waals surface area contributed by atoms with Crippen molar-refractivity contribution in [2.45, 2.75) is 0 Å². The van der Waals surface area contributed by atoms with Crippen LogP contribution in [0.25, 0.3) is 54.7 Å². The van der Waals surface area contributed by atoms with Gasteiger partial charge in [0.25, 0.3) is 6.71 Å². The molecule has 55 heavy (non-hydrogen) atoms. The van der Waals surface area contributed by atoms with E-state index in [1.807, 2.05) is 0 Å². The van der Waals surface area contributed by atoms with E-state index in [9.17, 15) is 0 Å². The molecule has 5 heteroatoms. The van der Waals surface area contributed by atoms with E-state index >= 15 is 0 Å². The van der Waals surface area contributed by atoms with Crippen molar-refractivity contribution in [2.75, 3.05) is 9.80 Å². The molecule has 0 amide bonds. The lowest BCUT2D eigenvalue weighted by molar-refractivity contribution is 1.15. The molecular formula is C50H31BN4. The van der Waals surface area contributed by atoms with Crippen molar-refractivity contribution >= 4 is 106 Å². The summed E-state index contributed by atoms with van der Waals surface area (Å²) < 4.78 is 5.05. The minimum Gasteiger partial charge on any atom is -0.319 e. The lowest BCUT2D eigenvalue weighted by Crippen LogP contribution is -2.62. The van der Waals surface area contributed by atoms with E-state index < -0.39 is 0 Å². The number of hydrogen-bond donors (Lipinski definition) is 0. The Morgan fingerprint density at radius 3 is 1.64 bits per heavy atom. The zero-order chi connectivity index (χ0) is 35.8. The SMILES string of the molecule is c1ccc(N2c3cc4c(cc3B3c5c2cccc5N(c2ccccc2)c2c3n(-c3ccccc3)c3ccccc23)c2cccc3c5ccccc5n4c32)cc1. The maximum absolute atomic E-state index is 2.54. The quantitative estimate of drug-likeness (QED) is 0.171. The number of hydrogen-bond acceptors (Lipinski definition) is 2. The molecule has 0 radical (unpaired) electrons. The topological polar surface area (TPSA) is 15.8 Å². The van der Waals surface area contributed by atoms with Gasteiger partial charge in [-0.25, -0.2) is 0 Å². The molecule has 0 spiro atoms. The van der Waals surface area contributed by atoms with Crippen LogP contribution in [0.4, 0.5) is 34.1 Å². The molecule has 0 fully saturated rings. The Kier molecular flexibility index (Phi) is 5.68. The molecule has 254 valence electrons. The molecule has 0 saturated heterocycles. The highest BCUT2D eigenvalue weighted by atomic mass is 15.2. The number of benzene rings is 8. The van der Waals surface area contributed by atoms with Gasteiger partial charge >= 0.3 is 0 Å². The summed E-state index contributed by atoms with van der Waals surface area (Å²) in [6.07, 6.45) is 0. The normalized spacial score (nSPS) is 13.3. The van der Waals surface area contributed by atoms with Crippen molar-refractivity contribution in [3.63, 3.8) is 0 Å². The summed E-state index contributed by atoms with van der Waals surface area (Å²) in [4.78, 5) is 5.03. The summed E-state index contributed by atoms with van der Waals surface area (Å²) in [5.41, 5.74) is 17.2. The molecule has 2 aliphatic rings. The minimum atomic E-state index is -0.0510. The molecule has 0 aliphatic carbocycles. The molecule has 0 atom stereocenters. The monoisotopic (exact) mass is 698 g/mol. The Labute approximate surface area is 317 Å². The molecule has 13 rings (SSSR count). The van der Waals surface area contributed by atoms with Gasteiger partial charge in [0.15, 0.2) is 0 Å². The highest BCUT2D eigenvalue weighted by molar-refractivity contribution is 7.00. The Morgan fingerprint density at radius 2 is 0.909 bits per heavy atom. The second kappa shape index (κ2) is 10.7. The van der Waals surface area contributed by atoms with Gasteiger partial charge in [-0.15, -0.1) is 0 Å². The standard InChI is InChI=1S/C50H31BN4/c1-4-16-32(17-5-1)52-43-28-15-29-44-47(43)51(40-30-39-37-25-14-24-36-35-22-10-12-26-41(35)55(48(36)37)45(39)31-46(40)52)50-49(53(44)33-18-6-2-7-19-33)38-23-11-13-27-42(38)54(50)34-20-8-3-9-21-34/h1-31H. The van der Waals surface area contributed by atoms with Crippen molar-refractivity contribution < 1.29 is 0 Å². The first-order chi connectivity index (χ1) is 27.3. The van der Waals surface area contributed by atoms with Gasteiger partial charge in [0, 0.05) is 66.6 Å².